The topological polar surface area (TPSA) is 0 Å². The summed E-state index contributed by atoms with van der Waals surface area (Å²) in [5.74, 6) is -0.385. The lowest BCUT2D eigenvalue weighted by Crippen LogP contribution is -2.46. The molecular weight excluding hydrogens is 249 g/mol. The summed E-state index contributed by atoms with van der Waals surface area (Å²) in [4.78, 5) is 0. The summed E-state index contributed by atoms with van der Waals surface area (Å²) in [6.07, 6.45) is -1.23. The van der Waals surface area contributed by atoms with Gasteiger partial charge in [0.2, 0.25) is 0 Å². The molecule has 0 atom stereocenters. The number of halogens is 3. The van der Waals surface area contributed by atoms with E-state index in [2.05, 4.69) is 0 Å². The fraction of sp³-hybridized carbons (Fsp3) is 0.625. The number of alkyl halides is 3. The van der Waals surface area contributed by atoms with Crippen molar-refractivity contribution in [3.05, 3.63) is 34.9 Å². The summed E-state index contributed by atoms with van der Waals surface area (Å²) in [5, 5.41) is 0. The van der Waals surface area contributed by atoms with Crippen LogP contribution in [0.2, 0.25) is 0 Å². The fourth-order valence-corrected chi connectivity index (χ4v) is 3.51. The van der Waals surface area contributed by atoms with Gasteiger partial charge in [0.15, 0.2) is 0 Å². The number of aryl methyl sites for hydroxylation is 2. The molecule has 3 heteroatoms. The van der Waals surface area contributed by atoms with E-state index in [1.807, 2.05) is 19.9 Å². The Balaban J connectivity index is 2.15. The summed E-state index contributed by atoms with van der Waals surface area (Å²) < 4.78 is 41.6. The van der Waals surface area contributed by atoms with Crippen LogP contribution in [0.3, 0.4) is 0 Å². The van der Waals surface area contributed by atoms with Crippen LogP contribution in [0.15, 0.2) is 18.2 Å². The van der Waals surface area contributed by atoms with Gasteiger partial charge in [-0.15, -0.1) is 0 Å². The highest BCUT2D eigenvalue weighted by Crippen LogP contribution is 2.65. The molecule has 19 heavy (non-hydrogen) atoms. The molecule has 0 aromatic heterocycles. The predicted octanol–water partition coefficient (Wildman–Crippen LogP) is 4.92. The van der Waals surface area contributed by atoms with Gasteiger partial charge >= 0.3 is 6.18 Å². The fourth-order valence-electron chi connectivity index (χ4n) is 3.51. The highest BCUT2D eigenvalue weighted by Gasteiger charge is 2.68. The molecule has 0 N–H and O–H groups in total. The minimum atomic E-state index is -4.13. The Morgan fingerprint density at radius 1 is 0.895 bits per heavy atom. The lowest BCUT2D eigenvalue weighted by molar-refractivity contribution is -0.204. The summed E-state index contributed by atoms with van der Waals surface area (Å²) in [7, 11) is 0. The third kappa shape index (κ3) is 1.89. The summed E-state index contributed by atoms with van der Waals surface area (Å²) in [5.41, 5.74) is 0.970. The van der Waals surface area contributed by atoms with Crippen LogP contribution in [0, 0.1) is 25.7 Å². The molecule has 0 bridgehead atoms. The van der Waals surface area contributed by atoms with Crippen molar-refractivity contribution in [3.63, 3.8) is 0 Å². The van der Waals surface area contributed by atoms with E-state index in [1.165, 1.54) is 0 Å². The van der Waals surface area contributed by atoms with Crippen LogP contribution in [0.1, 0.15) is 42.4 Å². The van der Waals surface area contributed by atoms with Gasteiger partial charge in [-0.1, -0.05) is 18.2 Å². The summed E-state index contributed by atoms with van der Waals surface area (Å²) in [6, 6.07) is 5.34. The predicted molar refractivity (Wildman–Crippen MR) is 69.1 cm³/mol. The summed E-state index contributed by atoms with van der Waals surface area (Å²) in [6.45, 7) is 3.85. The lowest BCUT2D eigenvalue weighted by Gasteiger charge is -2.37. The zero-order valence-electron chi connectivity index (χ0n) is 11.3. The Labute approximate surface area is 112 Å². The van der Waals surface area contributed by atoms with Gasteiger partial charge in [-0.25, -0.2) is 0 Å². The molecule has 3 rings (SSSR count). The van der Waals surface area contributed by atoms with E-state index < -0.39 is 11.6 Å². The van der Waals surface area contributed by atoms with E-state index >= 15 is 0 Å². The second-order valence-corrected chi connectivity index (χ2v) is 6.21. The smallest absolute Gasteiger partial charge is 0.170 e. The first-order valence-electron chi connectivity index (χ1n) is 7.02. The monoisotopic (exact) mass is 268 g/mol. The van der Waals surface area contributed by atoms with Crippen molar-refractivity contribution in [1.29, 1.82) is 0 Å². The van der Waals surface area contributed by atoms with Crippen LogP contribution in [0.5, 0.6) is 0 Å². The van der Waals surface area contributed by atoms with Crippen molar-refractivity contribution in [2.75, 3.05) is 0 Å². The first kappa shape index (κ1) is 13.0. The highest BCUT2D eigenvalue weighted by atomic mass is 19.4. The van der Waals surface area contributed by atoms with Gasteiger partial charge in [0, 0.05) is 0 Å². The van der Waals surface area contributed by atoms with Crippen molar-refractivity contribution in [2.24, 2.45) is 11.8 Å². The Kier molecular flexibility index (Phi) is 2.74. The zero-order chi connectivity index (χ0) is 13.8. The second kappa shape index (κ2) is 4.00. The van der Waals surface area contributed by atoms with E-state index in [4.69, 9.17) is 0 Å². The largest absolute Gasteiger partial charge is 0.398 e. The maximum Gasteiger partial charge on any atom is 0.398 e. The van der Waals surface area contributed by atoms with Gasteiger partial charge in [0.25, 0.3) is 0 Å². The third-order valence-corrected chi connectivity index (χ3v) is 4.90. The number of hydrogen-bond donors (Lipinski definition) is 0. The molecule has 0 aliphatic heterocycles. The van der Waals surface area contributed by atoms with Gasteiger partial charge in [0.1, 0.15) is 0 Å². The molecule has 2 aliphatic rings. The Bertz CT molecular complexity index is 481. The quantitative estimate of drug-likeness (QED) is 0.729. The number of rotatable bonds is 3. The van der Waals surface area contributed by atoms with Crippen molar-refractivity contribution in [3.8, 4) is 0 Å². The van der Waals surface area contributed by atoms with Gasteiger partial charge < -0.3 is 0 Å². The maximum atomic E-state index is 13.9. The van der Waals surface area contributed by atoms with E-state index in [1.54, 1.807) is 12.1 Å². The maximum absolute atomic E-state index is 13.9. The standard InChI is InChI=1S/C16H19F3/c1-10-3-4-14(9-11(10)2)15(12-5-6-12,13-7-8-13)16(17,18)19/h3-4,9,12-13H,5-8H2,1-2H3. The first-order chi connectivity index (χ1) is 8.87. The Hall–Kier alpha value is -0.990. The average molecular weight is 268 g/mol. The van der Waals surface area contributed by atoms with E-state index in [0.29, 0.717) is 5.56 Å². The SMILES string of the molecule is Cc1ccc(C(C2CC2)(C2CC2)C(F)(F)F)cc1C. The molecule has 2 aliphatic carbocycles. The number of benzene rings is 1. The molecule has 0 radical (unpaired) electrons. The van der Waals surface area contributed by atoms with Crippen molar-refractivity contribution in [1.82, 2.24) is 0 Å². The Morgan fingerprint density at radius 3 is 1.79 bits per heavy atom. The van der Waals surface area contributed by atoms with Crippen LogP contribution in [0.25, 0.3) is 0 Å². The van der Waals surface area contributed by atoms with Gasteiger partial charge in [-0.3, -0.25) is 0 Å². The van der Waals surface area contributed by atoms with Crippen LogP contribution in [-0.4, -0.2) is 6.18 Å². The van der Waals surface area contributed by atoms with Gasteiger partial charge in [0.05, 0.1) is 5.41 Å². The molecular formula is C16H19F3. The molecule has 0 nitrogen and oxygen atoms in total. The third-order valence-electron chi connectivity index (χ3n) is 4.90. The minimum Gasteiger partial charge on any atom is -0.170 e. The second-order valence-electron chi connectivity index (χ2n) is 6.21. The van der Waals surface area contributed by atoms with Crippen LogP contribution < -0.4 is 0 Å². The normalized spacial score (nSPS) is 20.7. The Morgan fingerprint density at radius 2 is 1.42 bits per heavy atom. The number of hydrogen-bond acceptors (Lipinski definition) is 0. The molecule has 0 amide bonds. The van der Waals surface area contributed by atoms with Crippen molar-refractivity contribution in [2.45, 2.75) is 51.1 Å². The minimum absolute atomic E-state index is 0.192. The van der Waals surface area contributed by atoms with Crippen molar-refractivity contribution < 1.29 is 13.2 Å². The molecule has 104 valence electrons. The van der Waals surface area contributed by atoms with E-state index in [-0.39, 0.29) is 11.8 Å². The van der Waals surface area contributed by atoms with E-state index in [0.717, 1.165) is 36.8 Å². The summed E-state index contributed by atoms with van der Waals surface area (Å²) >= 11 is 0. The van der Waals surface area contributed by atoms with E-state index in [9.17, 15) is 13.2 Å². The lowest BCUT2D eigenvalue weighted by atomic mass is 9.70. The van der Waals surface area contributed by atoms with Crippen molar-refractivity contribution >= 4 is 0 Å². The molecule has 1 aromatic rings. The highest BCUT2D eigenvalue weighted by molar-refractivity contribution is 5.39. The molecule has 0 heterocycles. The average Bonchev–Trinajstić information content (AvgIpc) is 3.13. The zero-order valence-corrected chi connectivity index (χ0v) is 11.3. The van der Waals surface area contributed by atoms with Crippen LogP contribution in [-0.2, 0) is 5.41 Å². The van der Waals surface area contributed by atoms with Crippen LogP contribution >= 0.6 is 0 Å². The first-order valence-corrected chi connectivity index (χ1v) is 7.02. The molecule has 1 aromatic carbocycles. The van der Waals surface area contributed by atoms with Crippen LogP contribution in [0.4, 0.5) is 13.2 Å². The van der Waals surface area contributed by atoms with Gasteiger partial charge in [-0.05, 0) is 68.1 Å². The molecule has 0 unspecified atom stereocenters. The molecule has 2 saturated carbocycles. The van der Waals surface area contributed by atoms with Gasteiger partial charge in [-0.2, -0.15) is 13.2 Å². The molecule has 2 fully saturated rings. The molecule has 0 saturated heterocycles. The molecule has 0 spiro atoms.